The van der Waals surface area contributed by atoms with Crippen molar-refractivity contribution in [2.75, 3.05) is 0 Å². The van der Waals surface area contributed by atoms with Crippen molar-refractivity contribution in [2.24, 2.45) is 5.73 Å². The summed E-state index contributed by atoms with van der Waals surface area (Å²) in [5.74, 6) is 0.629. The van der Waals surface area contributed by atoms with E-state index in [9.17, 15) is 5.11 Å². The zero-order chi connectivity index (χ0) is 11.5. The van der Waals surface area contributed by atoms with E-state index in [4.69, 9.17) is 5.73 Å². The maximum absolute atomic E-state index is 10.1. The Balaban J connectivity index is 2.29. The molecule has 1 saturated carbocycles. The SMILES string of the molecule is CC(N)C(O)c1ccccc1C1CCCC1. The first-order valence-corrected chi connectivity index (χ1v) is 6.22. The first kappa shape index (κ1) is 11.6. The fourth-order valence-electron chi connectivity index (χ4n) is 2.67. The number of benzene rings is 1. The van der Waals surface area contributed by atoms with E-state index in [0.29, 0.717) is 5.92 Å². The third-order valence-electron chi connectivity index (χ3n) is 3.61. The Bertz CT molecular complexity index is 321. The quantitative estimate of drug-likeness (QED) is 0.821. The molecule has 2 unspecified atom stereocenters. The van der Waals surface area contributed by atoms with E-state index in [0.717, 1.165) is 5.56 Å². The first-order chi connectivity index (χ1) is 7.70. The monoisotopic (exact) mass is 219 g/mol. The van der Waals surface area contributed by atoms with Crippen LogP contribution in [0.1, 0.15) is 55.8 Å². The molecular weight excluding hydrogens is 198 g/mol. The molecule has 3 N–H and O–H groups in total. The summed E-state index contributed by atoms with van der Waals surface area (Å²) in [5, 5.41) is 10.1. The molecule has 0 radical (unpaired) electrons. The van der Waals surface area contributed by atoms with Crippen molar-refractivity contribution in [1.29, 1.82) is 0 Å². The molecule has 0 saturated heterocycles. The highest BCUT2D eigenvalue weighted by Gasteiger charge is 2.23. The Morgan fingerprint density at radius 1 is 1.25 bits per heavy atom. The summed E-state index contributed by atoms with van der Waals surface area (Å²) in [4.78, 5) is 0. The summed E-state index contributed by atoms with van der Waals surface area (Å²) in [6, 6.07) is 8.01. The normalized spacial score (nSPS) is 20.9. The molecule has 1 fully saturated rings. The molecule has 1 aliphatic rings. The zero-order valence-corrected chi connectivity index (χ0v) is 9.89. The predicted octanol–water partition coefficient (Wildman–Crippen LogP) is 2.72. The number of hydrogen-bond donors (Lipinski definition) is 2. The van der Waals surface area contributed by atoms with Gasteiger partial charge in [-0.1, -0.05) is 37.1 Å². The highest BCUT2D eigenvalue weighted by molar-refractivity contribution is 5.33. The Morgan fingerprint density at radius 2 is 1.88 bits per heavy atom. The lowest BCUT2D eigenvalue weighted by Gasteiger charge is -2.21. The lowest BCUT2D eigenvalue weighted by molar-refractivity contribution is 0.152. The second-order valence-corrected chi connectivity index (χ2v) is 4.91. The van der Waals surface area contributed by atoms with Gasteiger partial charge in [0.1, 0.15) is 0 Å². The van der Waals surface area contributed by atoms with Gasteiger partial charge in [0, 0.05) is 6.04 Å². The van der Waals surface area contributed by atoms with Gasteiger partial charge in [-0.05, 0) is 36.8 Å². The van der Waals surface area contributed by atoms with Crippen LogP contribution in [0.25, 0.3) is 0 Å². The first-order valence-electron chi connectivity index (χ1n) is 6.22. The maximum Gasteiger partial charge on any atom is 0.0940 e. The van der Waals surface area contributed by atoms with Gasteiger partial charge in [0.05, 0.1) is 6.10 Å². The summed E-state index contributed by atoms with van der Waals surface area (Å²) < 4.78 is 0. The van der Waals surface area contributed by atoms with Crippen molar-refractivity contribution in [3.05, 3.63) is 35.4 Å². The van der Waals surface area contributed by atoms with E-state index in [1.54, 1.807) is 0 Å². The molecule has 0 bridgehead atoms. The van der Waals surface area contributed by atoms with E-state index in [-0.39, 0.29) is 6.04 Å². The molecule has 2 heteroatoms. The van der Waals surface area contributed by atoms with Gasteiger partial charge < -0.3 is 10.8 Å². The molecule has 0 amide bonds. The fraction of sp³-hybridized carbons (Fsp3) is 0.571. The van der Waals surface area contributed by atoms with Gasteiger partial charge in [0.2, 0.25) is 0 Å². The van der Waals surface area contributed by atoms with E-state index in [1.165, 1.54) is 31.2 Å². The molecule has 2 nitrogen and oxygen atoms in total. The van der Waals surface area contributed by atoms with Crippen LogP contribution in [0.5, 0.6) is 0 Å². The second kappa shape index (κ2) is 4.98. The van der Waals surface area contributed by atoms with Gasteiger partial charge in [-0.3, -0.25) is 0 Å². The van der Waals surface area contributed by atoms with Crippen LogP contribution in [0, 0.1) is 0 Å². The van der Waals surface area contributed by atoms with E-state index >= 15 is 0 Å². The van der Waals surface area contributed by atoms with E-state index in [1.807, 2.05) is 19.1 Å². The Labute approximate surface area is 97.5 Å². The molecule has 2 atom stereocenters. The van der Waals surface area contributed by atoms with Crippen molar-refractivity contribution in [2.45, 2.75) is 50.7 Å². The van der Waals surface area contributed by atoms with Crippen LogP contribution in [0.4, 0.5) is 0 Å². The van der Waals surface area contributed by atoms with Crippen LogP contribution in [0.2, 0.25) is 0 Å². The molecule has 0 heterocycles. The van der Waals surface area contributed by atoms with Crippen LogP contribution < -0.4 is 5.73 Å². The van der Waals surface area contributed by atoms with Crippen LogP contribution in [-0.4, -0.2) is 11.1 Å². The average Bonchev–Trinajstić information content (AvgIpc) is 2.81. The van der Waals surface area contributed by atoms with Gasteiger partial charge in [0.25, 0.3) is 0 Å². The van der Waals surface area contributed by atoms with Crippen LogP contribution in [-0.2, 0) is 0 Å². The molecule has 16 heavy (non-hydrogen) atoms. The number of rotatable bonds is 3. The zero-order valence-electron chi connectivity index (χ0n) is 9.89. The summed E-state index contributed by atoms with van der Waals surface area (Å²) in [6.07, 6.45) is 4.60. The third-order valence-corrected chi connectivity index (χ3v) is 3.61. The van der Waals surface area contributed by atoms with Crippen LogP contribution in [0.3, 0.4) is 0 Å². The molecule has 2 rings (SSSR count). The lowest BCUT2D eigenvalue weighted by atomic mass is 9.89. The Kier molecular flexibility index (Phi) is 3.62. The van der Waals surface area contributed by atoms with E-state index < -0.39 is 6.10 Å². The molecule has 0 aliphatic heterocycles. The minimum atomic E-state index is -0.531. The van der Waals surface area contributed by atoms with Gasteiger partial charge in [0.15, 0.2) is 0 Å². The van der Waals surface area contributed by atoms with Crippen LogP contribution in [0.15, 0.2) is 24.3 Å². The topological polar surface area (TPSA) is 46.2 Å². The van der Waals surface area contributed by atoms with Gasteiger partial charge in [-0.2, -0.15) is 0 Å². The predicted molar refractivity (Wildman–Crippen MR) is 66.3 cm³/mol. The number of hydrogen-bond acceptors (Lipinski definition) is 2. The average molecular weight is 219 g/mol. The molecular formula is C14H21NO. The molecule has 0 spiro atoms. The number of nitrogens with two attached hydrogens (primary N) is 1. The van der Waals surface area contributed by atoms with Gasteiger partial charge >= 0.3 is 0 Å². The second-order valence-electron chi connectivity index (χ2n) is 4.91. The van der Waals surface area contributed by atoms with Crippen molar-refractivity contribution in [1.82, 2.24) is 0 Å². The van der Waals surface area contributed by atoms with E-state index in [2.05, 4.69) is 12.1 Å². The minimum absolute atomic E-state index is 0.206. The maximum atomic E-state index is 10.1. The highest BCUT2D eigenvalue weighted by atomic mass is 16.3. The van der Waals surface area contributed by atoms with Crippen LogP contribution >= 0.6 is 0 Å². The summed E-state index contributed by atoms with van der Waals surface area (Å²) in [7, 11) is 0. The molecule has 1 aliphatic carbocycles. The summed E-state index contributed by atoms with van der Waals surface area (Å²) in [6.45, 7) is 1.86. The van der Waals surface area contributed by atoms with Gasteiger partial charge in [-0.15, -0.1) is 0 Å². The van der Waals surface area contributed by atoms with Crippen molar-refractivity contribution >= 4 is 0 Å². The molecule has 0 aromatic heterocycles. The van der Waals surface area contributed by atoms with Crippen molar-refractivity contribution < 1.29 is 5.11 Å². The fourth-order valence-corrected chi connectivity index (χ4v) is 2.67. The smallest absolute Gasteiger partial charge is 0.0940 e. The van der Waals surface area contributed by atoms with Gasteiger partial charge in [-0.25, -0.2) is 0 Å². The van der Waals surface area contributed by atoms with Crippen molar-refractivity contribution in [3.8, 4) is 0 Å². The highest BCUT2D eigenvalue weighted by Crippen LogP contribution is 2.37. The number of aliphatic hydroxyl groups is 1. The third kappa shape index (κ3) is 2.28. The minimum Gasteiger partial charge on any atom is -0.387 e. The van der Waals surface area contributed by atoms with Crippen molar-refractivity contribution in [3.63, 3.8) is 0 Å². The summed E-state index contributed by atoms with van der Waals surface area (Å²) in [5.41, 5.74) is 8.13. The molecule has 88 valence electrons. The Morgan fingerprint density at radius 3 is 2.50 bits per heavy atom. The number of aliphatic hydroxyl groups excluding tert-OH is 1. The summed E-state index contributed by atoms with van der Waals surface area (Å²) >= 11 is 0. The largest absolute Gasteiger partial charge is 0.387 e. The standard InChI is InChI=1S/C14H21NO/c1-10(15)14(16)13-9-5-4-8-12(13)11-6-2-3-7-11/h4-5,8-11,14,16H,2-3,6-7,15H2,1H3. The molecule has 1 aromatic carbocycles. The lowest BCUT2D eigenvalue weighted by Crippen LogP contribution is -2.25. The Hall–Kier alpha value is -0.860. The molecule has 1 aromatic rings.